The van der Waals surface area contributed by atoms with Crippen LogP contribution < -0.4 is 22.1 Å². The summed E-state index contributed by atoms with van der Waals surface area (Å²) in [7, 11) is 3.52. The minimum atomic E-state index is -0.451. The highest BCUT2D eigenvalue weighted by molar-refractivity contribution is 5.82. The van der Waals surface area contributed by atoms with Gasteiger partial charge in [0.05, 0.1) is 0 Å². The van der Waals surface area contributed by atoms with E-state index in [-0.39, 0.29) is 12.7 Å². The first-order chi connectivity index (χ1) is 12.0. The average molecular weight is 351 g/mol. The number of likely N-dealkylation sites (N-methyl/N-ethyl adjacent to an activating group) is 2. The molecule has 1 aromatic rings. The van der Waals surface area contributed by atoms with E-state index in [9.17, 15) is 9.59 Å². The van der Waals surface area contributed by atoms with Crippen LogP contribution in [0.15, 0.2) is 24.3 Å². The number of benzene rings is 1. The normalized spacial score (nSPS) is 11.6. The van der Waals surface area contributed by atoms with Crippen LogP contribution in [0.2, 0.25) is 0 Å². The molecule has 0 saturated carbocycles. The molecule has 1 atom stereocenters. The van der Waals surface area contributed by atoms with E-state index < -0.39 is 11.9 Å². The largest absolute Gasteiger partial charge is 0.445 e. The summed E-state index contributed by atoms with van der Waals surface area (Å²) in [4.78, 5) is 24.8. The topological polar surface area (TPSA) is 123 Å². The number of ether oxygens (including phenoxy) is 1. The van der Waals surface area contributed by atoms with Gasteiger partial charge in [0.2, 0.25) is 5.91 Å². The zero-order valence-electron chi connectivity index (χ0n) is 15.0. The molecule has 2 amide bonds. The van der Waals surface area contributed by atoms with E-state index in [0.717, 1.165) is 17.7 Å². The van der Waals surface area contributed by atoms with Crippen LogP contribution in [-0.2, 0) is 16.1 Å². The van der Waals surface area contributed by atoms with Gasteiger partial charge < -0.3 is 31.7 Å². The van der Waals surface area contributed by atoms with Gasteiger partial charge in [0.1, 0.15) is 12.6 Å². The second-order valence-corrected chi connectivity index (χ2v) is 5.81. The molecule has 0 aliphatic heterocycles. The van der Waals surface area contributed by atoms with Crippen molar-refractivity contribution in [3.05, 3.63) is 29.8 Å². The quantitative estimate of drug-likeness (QED) is 0.460. The Morgan fingerprint density at radius 2 is 1.96 bits per heavy atom. The highest BCUT2D eigenvalue weighted by Gasteiger charge is 2.14. The zero-order valence-corrected chi connectivity index (χ0v) is 15.0. The van der Waals surface area contributed by atoms with E-state index in [1.807, 2.05) is 31.3 Å². The molecule has 0 fully saturated rings. The first-order valence-corrected chi connectivity index (χ1v) is 8.35. The summed E-state index contributed by atoms with van der Waals surface area (Å²) in [6.45, 7) is 1.99. The maximum Gasteiger partial charge on any atom is 0.409 e. The number of carbonyl (C=O) groups excluding carboxylic acids is 2. The van der Waals surface area contributed by atoms with Gasteiger partial charge in [-0.05, 0) is 44.1 Å². The predicted molar refractivity (Wildman–Crippen MR) is 98.1 cm³/mol. The minimum Gasteiger partial charge on any atom is -0.445 e. The molecule has 0 heterocycles. The van der Waals surface area contributed by atoms with Crippen LogP contribution in [0.5, 0.6) is 0 Å². The number of hydrogen-bond donors (Lipinski definition) is 4. The number of nitrogens with one attached hydrogen (secondary N) is 2. The van der Waals surface area contributed by atoms with E-state index in [0.29, 0.717) is 26.1 Å². The van der Waals surface area contributed by atoms with Crippen molar-refractivity contribution in [1.29, 1.82) is 0 Å². The number of rotatable bonds is 11. The molecule has 0 bridgehead atoms. The van der Waals surface area contributed by atoms with Crippen molar-refractivity contribution in [2.24, 2.45) is 11.5 Å². The maximum atomic E-state index is 11.8. The van der Waals surface area contributed by atoms with Gasteiger partial charge in [-0.15, -0.1) is 0 Å². The molecule has 1 aromatic carbocycles. The highest BCUT2D eigenvalue weighted by atomic mass is 16.6. The Bertz CT molecular complexity index is 536. The molecular weight excluding hydrogens is 322 g/mol. The first kappa shape index (κ1) is 20.7. The van der Waals surface area contributed by atoms with Crippen LogP contribution in [0.4, 0.5) is 10.5 Å². The summed E-state index contributed by atoms with van der Waals surface area (Å²) in [6, 6.07) is 6.88. The number of hydrogen-bond acceptors (Lipinski definition) is 6. The van der Waals surface area contributed by atoms with Crippen molar-refractivity contribution in [2.75, 3.05) is 39.0 Å². The molecule has 6 N–H and O–H groups in total. The van der Waals surface area contributed by atoms with Crippen molar-refractivity contribution in [3.8, 4) is 0 Å². The van der Waals surface area contributed by atoms with Crippen LogP contribution >= 0.6 is 0 Å². The summed E-state index contributed by atoms with van der Waals surface area (Å²) in [5.74, 6) is -0.406. The van der Waals surface area contributed by atoms with E-state index in [1.165, 1.54) is 4.90 Å². The van der Waals surface area contributed by atoms with Crippen molar-refractivity contribution in [1.82, 2.24) is 10.2 Å². The Balaban J connectivity index is 2.50. The fraction of sp³-hybridized carbons (Fsp3) is 0.529. The van der Waals surface area contributed by atoms with Gasteiger partial charge in [-0.1, -0.05) is 12.1 Å². The van der Waals surface area contributed by atoms with Gasteiger partial charge in [-0.25, -0.2) is 4.79 Å². The molecule has 0 radical (unpaired) electrons. The summed E-state index contributed by atoms with van der Waals surface area (Å²) < 4.78 is 5.25. The Morgan fingerprint density at radius 3 is 2.52 bits per heavy atom. The van der Waals surface area contributed by atoms with Crippen molar-refractivity contribution < 1.29 is 14.3 Å². The van der Waals surface area contributed by atoms with Gasteiger partial charge in [0.25, 0.3) is 0 Å². The fourth-order valence-electron chi connectivity index (χ4n) is 2.13. The molecule has 140 valence electrons. The lowest BCUT2D eigenvalue weighted by molar-refractivity contribution is -0.118. The molecule has 8 nitrogen and oxygen atoms in total. The number of nitrogens with two attached hydrogens (primary N) is 2. The molecule has 0 aliphatic carbocycles. The molecule has 0 spiro atoms. The molecular formula is C17H29N5O3. The number of carbonyl (C=O) groups is 2. The Morgan fingerprint density at radius 1 is 1.28 bits per heavy atom. The molecule has 0 saturated heterocycles. The SMILES string of the molecule is CNCCN(C)C(=O)OCc1ccc(N[C@@H](CCCN)C(N)=O)cc1. The van der Waals surface area contributed by atoms with Gasteiger partial charge >= 0.3 is 6.09 Å². The van der Waals surface area contributed by atoms with Gasteiger partial charge in [-0.3, -0.25) is 4.79 Å². The molecule has 0 aliphatic rings. The Kier molecular flexibility index (Phi) is 9.34. The number of amides is 2. The fourth-order valence-corrected chi connectivity index (χ4v) is 2.13. The van der Waals surface area contributed by atoms with E-state index in [4.69, 9.17) is 16.2 Å². The van der Waals surface area contributed by atoms with Crippen LogP contribution in [0.1, 0.15) is 18.4 Å². The van der Waals surface area contributed by atoms with E-state index >= 15 is 0 Å². The predicted octanol–water partition coefficient (Wildman–Crippen LogP) is 0.479. The Hall–Kier alpha value is -2.32. The number of nitrogens with zero attached hydrogens (tertiary/aromatic N) is 1. The van der Waals surface area contributed by atoms with Crippen LogP contribution in [0.3, 0.4) is 0 Å². The second-order valence-electron chi connectivity index (χ2n) is 5.81. The van der Waals surface area contributed by atoms with Gasteiger partial charge in [0.15, 0.2) is 0 Å². The molecule has 8 heteroatoms. The molecule has 0 aromatic heterocycles. The lowest BCUT2D eigenvalue weighted by Crippen LogP contribution is -2.35. The van der Waals surface area contributed by atoms with Crippen LogP contribution in [0.25, 0.3) is 0 Å². The smallest absolute Gasteiger partial charge is 0.409 e. The third-order valence-corrected chi connectivity index (χ3v) is 3.71. The van der Waals surface area contributed by atoms with Gasteiger partial charge in [-0.2, -0.15) is 0 Å². The van der Waals surface area contributed by atoms with Crippen LogP contribution in [0, 0.1) is 0 Å². The van der Waals surface area contributed by atoms with Crippen LogP contribution in [-0.4, -0.2) is 56.7 Å². The molecule has 0 unspecified atom stereocenters. The maximum absolute atomic E-state index is 11.8. The lowest BCUT2D eigenvalue weighted by atomic mass is 10.1. The lowest BCUT2D eigenvalue weighted by Gasteiger charge is -2.17. The number of anilines is 1. The summed E-state index contributed by atoms with van der Waals surface area (Å²) >= 11 is 0. The first-order valence-electron chi connectivity index (χ1n) is 8.35. The van der Waals surface area contributed by atoms with Crippen molar-refractivity contribution in [3.63, 3.8) is 0 Å². The van der Waals surface area contributed by atoms with Gasteiger partial charge in [0, 0.05) is 25.8 Å². The highest BCUT2D eigenvalue weighted by Crippen LogP contribution is 2.13. The van der Waals surface area contributed by atoms with Crippen molar-refractivity contribution >= 4 is 17.7 Å². The summed E-state index contributed by atoms with van der Waals surface area (Å²) in [5.41, 5.74) is 12.5. The Labute approximate surface area is 148 Å². The zero-order chi connectivity index (χ0) is 18.7. The molecule has 25 heavy (non-hydrogen) atoms. The molecule has 1 rings (SSSR count). The standard InChI is InChI=1S/C17H29N5O3/c1-20-10-11-22(2)17(24)25-12-13-5-7-14(8-6-13)21-15(16(19)23)4-3-9-18/h5-8,15,20-21H,3-4,9-12,18H2,1-2H3,(H2,19,23)/t15-/m0/s1. The van der Waals surface area contributed by atoms with E-state index in [2.05, 4.69) is 10.6 Å². The van der Waals surface area contributed by atoms with E-state index in [1.54, 1.807) is 7.05 Å². The third kappa shape index (κ3) is 7.86. The average Bonchev–Trinajstić information content (AvgIpc) is 2.61. The summed E-state index contributed by atoms with van der Waals surface area (Å²) in [5, 5.41) is 6.07. The monoisotopic (exact) mass is 351 g/mol. The second kappa shape index (κ2) is 11.3. The number of primary amides is 1. The third-order valence-electron chi connectivity index (χ3n) is 3.71. The minimum absolute atomic E-state index is 0.190. The summed E-state index contributed by atoms with van der Waals surface area (Å²) in [6.07, 6.45) is 0.938. The van der Waals surface area contributed by atoms with Crippen molar-refractivity contribution in [2.45, 2.75) is 25.5 Å².